The third-order valence-electron chi connectivity index (χ3n) is 5.20. The van der Waals surface area contributed by atoms with Gasteiger partial charge in [0.15, 0.2) is 0 Å². The summed E-state index contributed by atoms with van der Waals surface area (Å²) >= 11 is 0. The van der Waals surface area contributed by atoms with E-state index in [9.17, 15) is 14.4 Å². The summed E-state index contributed by atoms with van der Waals surface area (Å²) in [5.74, 6) is -0.974. The summed E-state index contributed by atoms with van der Waals surface area (Å²) in [5, 5.41) is 0. The third-order valence-corrected chi connectivity index (χ3v) is 5.20. The summed E-state index contributed by atoms with van der Waals surface area (Å²) in [5.41, 5.74) is -0.274. The van der Waals surface area contributed by atoms with Crippen molar-refractivity contribution < 1.29 is 19.1 Å². The molecule has 0 radical (unpaired) electrons. The number of esters is 1. The van der Waals surface area contributed by atoms with Crippen LogP contribution in [-0.4, -0.2) is 40.7 Å². The van der Waals surface area contributed by atoms with Gasteiger partial charge in [-0.1, -0.05) is 6.42 Å². The molecule has 0 aromatic heterocycles. The van der Waals surface area contributed by atoms with Gasteiger partial charge in [-0.2, -0.15) is 0 Å². The van der Waals surface area contributed by atoms with Crippen molar-refractivity contribution in [2.24, 2.45) is 5.92 Å². The first-order valence-corrected chi connectivity index (χ1v) is 7.63. The largest absolute Gasteiger partial charge is 0.466 e. The molecule has 1 spiro atoms. The molecule has 20 heavy (non-hydrogen) atoms. The summed E-state index contributed by atoms with van der Waals surface area (Å²) in [4.78, 5) is 38.0. The second-order valence-electron chi connectivity index (χ2n) is 6.14. The zero-order valence-corrected chi connectivity index (χ0v) is 11.9. The van der Waals surface area contributed by atoms with Crippen LogP contribution < -0.4 is 0 Å². The molecule has 2 saturated heterocycles. The van der Waals surface area contributed by atoms with Gasteiger partial charge >= 0.3 is 5.97 Å². The van der Waals surface area contributed by atoms with Crippen molar-refractivity contribution in [3.63, 3.8) is 0 Å². The molecule has 0 aromatic carbocycles. The Morgan fingerprint density at radius 1 is 1.30 bits per heavy atom. The molecule has 1 amide bonds. The summed E-state index contributed by atoms with van der Waals surface area (Å²) in [6, 6.07) is -0.151. The number of piperidine rings is 1. The standard InChI is InChI=1S/C15H21NO4/c1-2-20-12(17)9-10-5-3-7-15-8-4-6-11(15)13(18)14(19)16(10)15/h10-11H,2-9H2,1H3/t10-,11+,15+/m0/s1. The molecule has 0 unspecified atom stereocenters. The second kappa shape index (κ2) is 4.86. The molecule has 0 aromatic rings. The van der Waals surface area contributed by atoms with Gasteiger partial charge in [0.2, 0.25) is 5.78 Å². The SMILES string of the molecule is CCOC(=O)C[C@@H]1CCC[C@@]23CCC[C@@H]2C(=O)C(=O)N13. The average Bonchev–Trinajstić information content (AvgIpc) is 2.89. The smallest absolute Gasteiger partial charge is 0.307 e. The number of ether oxygens (including phenoxy) is 1. The van der Waals surface area contributed by atoms with E-state index in [4.69, 9.17) is 4.74 Å². The van der Waals surface area contributed by atoms with E-state index in [1.807, 2.05) is 0 Å². The monoisotopic (exact) mass is 279 g/mol. The molecular formula is C15H21NO4. The Kier molecular flexibility index (Phi) is 3.30. The maximum atomic E-state index is 12.3. The molecule has 0 bridgehead atoms. The summed E-state index contributed by atoms with van der Waals surface area (Å²) in [6.45, 7) is 2.13. The lowest BCUT2D eigenvalue weighted by Gasteiger charge is -2.46. The molecule has 2 heterocycles. The summed E-state index contributed by atoms with van der Waals surface area (Å²) in [6.07, 6.45) is 5.66. The van der Waals surface area contributed by atoms with E-state index in [2.05, 4.69) is 0 Å². The van der Waals surface area contributed by atoms with Gasteiger partial charge in [-0.15, -0.1) is 0 Å². The number of hydrogen-bond acceptors (Lipinski definition) is 4. The molecule has 1 saturated carbocycles. The van der Waals surface area contributed by atoms with Gasteiger partial charge in [0, 0.05) is 6.04 Å². The van der Waals surface area contributed by atoms with Crippen molar-refractivity contribution in [3.8, 4) is 0 Å². The van der Waals surface area contributed by atoms with Gasteiger partial charge in [-0.3, -0.25) is 14.4 Å². The fourth-order valence-electron chi connectivity index (χ4n) is 4.52. The Bertz CT molecular complexity index is 461. The van der Waals surface area contributed by atoms with Crippen LogP contribution in [0.3, 0.4) is 0 Å². The van der Waals surface area contributed by atoms with Crippen LogP contribution in [0.2, 0.25) is 0 Å². The van der Waals surface area contributed by atoms with Crippen molar-refractivity contribution in [2.75, 3.05) is 6.61 Å². The topological polar surface area (TPSA) is 63.7 Å². The molecule has 1 aliphatic carbocycles. The van der Waals surface area contributed by atoms with Crippen molar-refractivity contribution in [3.05, 3.63) is 0 Å². The highest BCUT2D eigenvalue weighted by molar-refractivity contribution is 6.39. The molecule has 2 aliphatic heterocycles. The maximum Gasteiger partial charge on any atom is 0.307 e. The lowest BCUT2D eigenvalue weighted by molar-refractivity contribution is -0.150. The number of rotatable bonds is 3. The summed E-state index contributed by atoms with van der Waals surface area (Å²) < 4.78 is 5.00. The number of Topliss-reactive ketones (excluding diaryl/α,β-unsaturated/α-hetero) is 1. The number of amides is 1. The zero-order valence-electron chi connectivity index (χ0n) is 11.9. The highest BCUT2D eigenvalue weighted by Crippen LogP contribution is 2.52. The highest BCUT2D eigenvalue weighted by atomic mass is 16.5. The normalized spacial score (nSPS) is 36.0. The van der Waals surface area contributed by atoms with E-state index in [1.54, 1.807) is 11.8 Å². The van der Waals surface area contributed by atoms with Gasteiger partial charge in [-0.25, -0.2) is 0 Å². The Morgan fingerprint density at radius 2 is 2.00 bits per heavy atom. The van der Waals surface area contributed by atoms with Crippen molar-refractivity contribution in [2.45, 2.75) is 63.5 Å². The lowest BCUT2D eigenvalue weighted by Crippen LogP contribution is -2.55. The fourth-order valence-corrected chi connectivity index (χ4v) is 4.52. The van der Waals surface area contributed by atoms with Gasteiger partial charge < -0.3 is 9.64 Å². The van der Waals surface area contributed by atoms with Crippen LogP contribution in [0.5, 0.6) is 0 Å². The minimum Gasteiger partial charge on any atom is -0.466 e. The highest BCUT2D eigenvalue weighted by Gasteiger charge is 2.62. The van der Waals surface area contributed by atoms with Gasteiger partial charge in [0.1, 0.15) is 0 Å². The van der Waals surface area contributed by atoms with Crippen LogP contribution in [-0.2, 0) is 19.1 Å². The number of carbonyl (C=O) groups is 3. The number of ketones is 1. The van der Waals surface area contributed by atoms with Crippen LogP contribution in [0.15, 0.2) is 0 Å². The first kappa shape index (κ1) is 13.6. The number of nitrogens with zero attached hydrogens (tertiary/aromatic N) is 1. The molecule has 0 N–H and O–H groups in total. The molecule has 3 fully saturated rings. The lowest BCUT2D eigenvalue weighted by atomic mass is 9.78. The van der Waals surface area contributed by atoms with Gasteiger partial charge in [0.05, 0.1) is 24.5 Å². The maximum absolute atomic E-state index is 12.3. The number of hydrogen-bond donors (Lipinski definition) is 0. The van der Waals surface area contributed by atoms with Crippen molar-refractivity contribution in [1.29, 1.82) is 0 Å². The van der Waals surface area contributed by atoms with Gasteiger partial charge in [0.25, 0.3) is 5.91 Å². The quantitative estimate of drug-likeness (QED) is 0.579. The second-order valence-corrected chi connectivity index (χ2v) is 6.14. The van der Waals surface area contributed by atoms with E-state index >= 15 is 0 Å². The van der Waals surface area contributed by atoms with Crippen LogP contribution in [0.25, 0.3) is 0 Å². The first-order valence-electron chi connectivity index (χ1n) is 7.63. The van der Waals surface area contributed by atoms with Crippen LogP contribution in [0, 0.1) is 5.92 Å². The van der Waals surface area contributed by atoms with Crippen molar-refractivity contribution >= 4 is 17.7 Å². The summed E-state index contributed by atoms with van der Waals surface area (Å²) in [7, 11) is 0. The third kappa shape index (κ3) is 1.79. The Morgan fingerprint density at radius 3 is 2.70 bits per heavy atom. The molecule has 5 nitrogen and oxygen atoms in total. The van der Waals surface area contributed by atoms with E-state index in [-0.39, 0.29) is 41.6 Å². The Balaban J connectivity index is 1.85. The van der Waals surface area contributed by atoms with Gasteiger partial charge in [-0.05, 0) is 39.0 Å². The minimum atomic E-state index is -0.358. The molecule has 3 aliphatic rings. The molecule has 3 rings (SSSR count). The van der Waals surface area contributed by atoms with Crippen LogP contribution in [0.1, 0.15) is 51.9 Å². The van der Waals surface area contributed by atoms with E-state index in [0.717, 1.165) is 38.5 Å². The molecular weight excluding hydrogens is 258 g/mol. The van der Waals surface area contributed by atoms with E-state index in [1.165, 1.54) is 0 Å². The van der Waals surface area contributed by atoms with Crippen molar-refractivity contribution in [1.82, 2.24) is 4.90 Å². The molecule has 5 heteroatoms. The number of carbonyl (C=O) groups excluding carboxylic acids is 3. The molecule has 3 atom stereocenters. The van der Waals surface area contributed by atoms with Crippen LogP contribution in [0.4, 0.5) is 0 Å². The predicted molar refractivity (Wildman–Crippen MR) is 70.8 cm³/mol. The Labute approximate surface area is 118 Å². The molecule has 110 valence electrons. The fraction of sp³-hybridized carbons (Fsp3) is 0.800. The zero-order chi connectivity index (χ0) is 14.3. The van der Waals surface area contributed by atoms with E-state index in [0.29, 0.717) is 6.61 Å². The predicted octanol–water partition coefficient (Wildman–Crippen LogP) is 1.44. The van der Waals surface area contributed by atoms with Crippen LogP contribution >= 0.6 is 0 Å². The first-order chi connectivity index (χ1) is 9.60. The minimum absolute atomic E-state index is 0.125. The average molecular weight is 279 g/mol. The van der Waals surface area contributed by atoms with E-state index < -0.39 is 0 Å². The Hall–Kier alpha value is -1.39.